The standard InChI is InChI=1S/C16H14N4O2S/c1-2-11(7-17-5-1)14-3-4-15(23-14)13-6-16(20-22-13)21-12-8-18-10-19-9-12/h1-5,8-11,13H,6-7H2/t11?,13-/m0/s1. The summed E-state index contributed by atoms with van der Waals surface area (Å²) in [6, 6.07) is 4.24. The Hall–Kier alpha value is -2.54. The van der Waals surface area contributed by atoms with Crippen molar-refractivity contribution in [3.8, 4) is 5.75 Å². The summed E-state index contributed by atoms with van der Waals surface area (Å²) in [5, 5.41) is 4.02. The highest BCUT2D eigenvalue weighted by Crippen LogP contribution is 2.36. The molecular weight excluding hydrogens is 312 g/mol. The lowest BCUT2D eigenvalue weighted by atomic mass is 10.1. The number of rotatable bonds is 3. The van der Waals surface area contributed by atoms with E-state index in [0.29, 0.717) is 24.0 Å². The Balaban J connectivity index is 1.40. The quantitative estimate of drug-likeness (QED) is 0.869. The molecule has 0 bridgehead atoms. The fraction of sp³-hybridized carbons (Fsp3) is 0.250. The minimum atomic E-state index is -0.0931. The number of thiophene rings is 1. The molecule has 0 spiro atoms. The minimum absolute atomic E-state index is 0.0931. The monoisotopic (exact) mass is 326 g/mol. The third-order valence-corrected chi connectivity index (χ3v) is 4.89. The van der Waals surface area contributed by atoms with Gasteiger partial charge in [-0.3, -0.25) is 4.99 Å². The van der Waals surface area contributed by atoms with Crippen LogP contribution in [0.15, 0.2) is 53.2 Å². The molecule has 6 nitrogen and oxygen atoms in total. The third-order valence-electron chi connectivity index (χ3n) is 3.58. The number of nitrogens with zero attached hydrogens (tertiary/aromatic N) is 4. The topological polar surface area (TPSA) is 69.0 Å². The van der Waals surface area contributed by atoms with Crippen LogP contribution in [0.25, 0.3) is 0 Å². The predicted octanol–water partition coefficient (Wildman–Crippen LogP) is 3.12. The lowest BCUT2D eigenvalue weighted by Gasteiger charge is -2.10. The molecule has 0 amide bonds. The van der Waals surface area contributed by atoms with E-state index in [0.717, 1.165) is 11.4 Å². The van der Waals surface area contributed by atoms with Gasteiger partial charge in [0, 0.05) is 21.9 Å². The first-order valence-electron chi connectivity index (χ1n) is 7.30. The lowest BCUT2D eigenvalue weighted by Crippen LogP contribution is -2.07. The van der Waals surface area contributed by atoms with Crippen molar-refractivity contribution in [1.29, 1.82) is 0 Å². The zero-order valence-corrected chi connectivity index (χ0v) is 13.0. The Morgan fingerprint density at radius 1 is 1.17 bits per heavy atom. The van der Waals surface area contributed by atoms with E-state index in [2.05, 4.69) is 38.3 Å². The van der Waals surface area contributed by atoms with Gasteiger partial charge in [-0.1, -0.05) is 11.2 Å². The molecule has 4 heterocycles. The van der Waals surface area contributed by atoms with Gasteiger partial charge in [0.2, 0.25) is 5.90 Å². The third kappa shape index (κ3) is 3.14. The molecule has 0 fully saturated rings. The van der Waals surface area contributed by atoms with Gasteiger partial charge >= 0.3 is 0 Å². The summed E-state index contributed by atoms with van der Waals surface area (Å²) in [4.78, 5) is 20.1. The zero-order chi connectivity index (χ0) is 15.5. The van der Waals surface area contributed by atoms with Crippen LogP contribution in [0.5, 0.6) is 5.75 Å². The summed E-state index contributed by atoms with van der Waals surface area (Å²) >= 11 is 1.74. The van der Waals surface area contributed by atoms with Crippen molar-refractivity contribution in [2.45, 2.75) is 18.4 Å². The van der Waals surface area contributed by atoms with Gasteiger partial charge in [-0.2, -0.15) is 0 Å². The van der Waals surface area contributed by atoms with Crippen molar-refractivity contribution in [2.75, 3.05) is 6.54 Å². The van der Waals surface area contributed by atoms with Crippen molar-refractivity contribution in [1.82, 2.24) is 9.97 Å². The Labute approximate surface area is 137 Å². The molecule has 1 unspecified atom stereocenters. The second-order valence-corrected chi connectivity index (χ2v) is 6.35. The van der Waals surface area contributed by atoms with E-state index in [1.165, 1.54) is 11.2 Å². The Morgan fingerprint density at radius 2 is 2.04 bits per heavy atom. The molecule has 2 aliphatic rings. The maximum absolute atomic E-state index is 5.62. The van der Waals surface area contributed by atoms with Crippen LogP contribution in [-0.4, -0.2) is 28.6 Å². The molecule has 2 aliphatic heterocycles. The number of hydrogen-bond donors (Lipinski definition) is 0. The van der Waals surface area contributed by atoms with Crippen molar-refractivity contribution in [3.05, 3.63) is 52.8 Å². The van der Waals surface area contributed by atoms with Crippen LogP contribution < -0.4 is 4.74 Å². The van der Waals surface area contributed by atoms with Crippen molar-refractivity contribution < 1.29 is 9.57 Å². The molecule has 0 radical (unpaired) electrons. The fourth-order valence-electron chi connectivity index (χ4n) is 2.45. The predicted molar refractivity (Wildman–Crippen MR) is 88.1 cm³/mol. The first-order chi connectivity index (χ1) is 11.4. The number of hydrogen-bond acceptors (Lipinski definition) is 7. The van der Waals surface area contributed by atoms with E-state index in [1.807, 2.05) is 12.3 Å². The second kappa shape index (κ2) is 6.29. The van der Waals surface area contributed by atoms with E-state index in [1.54, 1.807) is 23.7 Å². The lowest BCUT2D eigenvalue weighted by molar-refractivity contribution is 0.0881. The summed E-state index contributed by atoms with van der Waals surface area (Å²) in [5.74, 6) is 1.47. The highest BCUT2D eigenvalue weighted by atomic mass is 32.1. The van der Waals surface area contributed by atoms with Crippen molar-refractivity contribution in [3.63, 3.8) is 0 Å². The number of aromatic nitrogens is 2. The van der Waals surface area contributed by atoms with Crippen LogP contribution in [-0.2, 0) is 4.84 Å². The number of allylic oxidation sites excluding steroid dienone is 1. The molecule has 2 aromatic rings. The van der Waals surface area contributed by atoms with Gasteiger partial charge in [-0.05, 0) is 18.2 Å². The summed E-state index contributed by atoms with van der Waals surface area (Å²) in [7, 11) is 0. The van der Waals surface area contributed by atoms with Crippen LogP contribution in [0, 0.1) is 0 Å². The van der Waals surface area contributed by atoms with Crippen molar-refractivity contribution >= 4 is 23.4 Å². The Morgan fingerprint density at radius 3 is 2.87 bits per heavy atom. The van der Waals surface area contributed by atoms with Crippen LogP contribution in [0.2, 0.25) is 0 Å². The number of ether oxygens (including phenoxy) is 1. The van der Waals surface area contributed by atoms with E-state index >= 15 is 0 Å². The van der Waals surface area contributed by atoms with E-state index < -0.39 is 0 Å². The molecule has 23 heavy (non-hydrogen) atoms. The first-order valence-corrected chi connectivity index (χ1v) is 8.12. The summed E-state index contributed by atoms with van der Waals surface area (Å²) < 4.78 is 5.62. The van der Waals surface area contributed by atoms with Gasteiger partial charge in [-0.15, -0.1) is 11.3 Å². The maximum Gasteiger partial charge on any atom is 0.235 e. The Kier molecular flexibility index (Phi) is 3.85. The molecule has 4 rings (SSSR count). The van der Waals surface area contributed by atoms with Gasteiger partial charge in [0.1, 0.15) is 6.33 Å². The largest absolute Gasteiger partial charge is 0.436 e. The first kappa shape index (κ1) is 14.1. The highest BCUT2D eigenvalue weighted by Gasteiger charge is 2.27. The molecule has 0 saturated carbocycles. The van der Waals surface area contributed by atoms with E-state index in [9.17, 15) is 0 Å². The number of oxime groups is 1. The van der Waals surface area contributed by atoms with Crippen LogP contribution in [0.1, 0.15) is 28.2 Å². The molecule has 2 atom stereocenters. The highest BCUT2D eigenvalue weighted by molar-refractivity contribution is 7.12. The molecule has 116 valence electrons. The number of dihydropyridines is 1. The molecule has 0 aromatic carbocycles. The summed E-state index contributed by atoms with van der Waals surface area (Å²) in [6.45, 7) is 0.806. The summed E-state index contributed by atoms with van der Waals surface area (Å²) in [5.41, 5.74) is 0. The molecule has 0 N–H and O–H groups in total. The van der Waals surface area contributed by atoms with Gasteiger partial charge in [-0.25, -0.2) is 9.97 Å². The molecular formula is C16H14N4O2S. The molecule has 0 aliphatic carbocycles. The normalized spacial score (nSPS) is 22.7. The van der Waals surface area contributed by atoms with Crippen LogP contribution in [0.4, 0.5) is 0 Å². The molecule has 0 saturated heterocycles. The van der Waals surface area contributed by atoms with Gasteiger partial charge in [0.25, 0.3) is 0 Å². The smallest absolute Gasteiger partial charge is 0.235 e. The van der Waals surface area contributed by atoms with Crippen molar-refractivity contribution in [2.24, 2.45) is 10.1 Å². The van der Waals surface area contributed by atoms with Crippen LogP contribution >= 0.6 is 11.3 Å². The zero-order valence-electron chi connectivity index (χ0n) is 12.2. The van der Waals surface area contributed by atoms with Gasteiger partial charge in [0.05, 0.1) is 25.4 Å². The van der Waals surface area contributed by atoms with Crippen LogP contribution in [0.3, 0.4) is 0 Å². The summed E-state index contributed by atoms with van der Waals surface area (Å²) in [6.07, 6.45) is 11.2. The molecule has 2 aromatic heterocycles. The Bertz CT molecular complexity index is 769. The van der Waals surface area contributed by atoms with E-state index in [4.69, 9.17) is 9.57 Å². The van der Waals surface area contributed by atoms with Gasteiger partial charge in [0.15, 0.2) is 11.9 Å². The SMILES string of the molecule is C1=CC(c2ccc([C@@H]3CC(Oc4cncnc4)=NO3)s2)CN=C1. The van der Waals surface area contributed by atoms with E-state index in [-0.39, 0.29) is 6.10 Å². The minimum Gasteiger partial charge on any atom is -0.436 e. The van der Waals surface area contributed by atoms with Gasteiger partial charge < -0.3 is 9.57 Å². The average molecular weight is 326 g/mol. The average Bonchev–Trinajstić information content (AvgIpc) is 3.26. The number of aliphatic imine (C=N–C) groups is 1. The maximum atomic E-state index is 5.62. The fourth-order valence-corrected chi connectivity index (χ4v) is 3.55. The molecule has 7 heteroatoms. The second-order valence-electron chi connectivity index (χ2n) is 5.21.